The minimum absolute atomic E-state index is 0.124. The number of hydrogen-bond donors (Lipinski definition) is 0. The lowest BCUT2D eigenvalue weighted by Gasteiger charge is -2.27. The third-order valence-electron chi connectivity index (χ3n) is 3.80. The number of pyridine rings is 1. The Bertz CT molecular complexity index is 687. The highest BCUT2D eigenvalue weighted by Gasteiger charge is 2.47. The molecule has 0 unspecified atom stereocenters. The van der Waals surface area contributed by atoms with Gasteiger partial charge in [-0.15, -0.1) is 0 Å². The molecule has 0 saturated heterocycles. The van der Waals surface area contributed by atoms with Gasteiger partial charge in [-0.3, -0.25) is 9.78 Å². The molecule has 1 saturated carbocycles. The lowest BCUT2D eigenvalue weighted by molar-refractivity contribution is -0.160. The van der Waals surface area contributed by atoms with Crippen LogP contribution in [0.2, 0.25) is 5.02 Å². The van der Waals surface area contributed by atoms with Gasteiger partial charge in [0.2, 0.25) is 0 Å². The molecule has 6 heteroatoms. The first-order valence-corrected chi connectivity index (χ1v) is 7.70. The van der Waals surface area contributed by atoms with Crippen molar-refractivity contribution in [3.63, 3.8) is 0 Å². The van der Waals surface area contributed by atoms with E-state index < -0.39 is 11.8 Å². The molecule has 1 aromatic carbocycles. The number of aromatic nitrogens is 1. The number of nitrogens with zero attached hydrogens (tertiary/aromatic N) is 2. The number of alkyl halides is 2. The van der Waals surface area contributed by atoms with Crippen molar-refractivity contribution in [3.05, 3.63) is 64.9 Å². The Morgan fingerprint density at radius 1 is 1.26 bits per heavy atom. The van der Waals surface area contributed by atoms with Crippen molar-refractivity contribution in [2.45, 2.75) is 31.4 Å². The second-order valence-electron chi connectivity index (χ2n) is 5.61. The molecule has 0 aliphatic heterocycles. The van der Waals surface area contributed by atoms with Crippen LogP contribution in [0.3, 0.4) is 0 Å². The van der Waals surface area contributed by atoms with Gasteiger partial charge in [-0.1, -0.05) is 29.8 Å². The van der Waals surface area contributed by atoms with Crippen LogP contribution < -0.4 is 0 Å². The predicted molar refractivity (Wildman–Crippen MR) is 83.2 cm³/mol. The summed E-state index contributed by atoms with van der Waals surface area (Å²) in [6.07, 6.45) is 4.70. The van der Waals surface area contributed by atoms with Crippen LogP contribution in [-0.2, 0) is 17.3 Å². The summed E-state index contributed by atoms with van der Waals surface area (Å²) in [5, 5.41) is 0.353. The molecule has 0 N–H and O–H groups in total. The van der Waals surface area contributed by atoms with E-state index >= 15 is 0 Å². The van der Waals surface area contributed by atoms with E-state index in [2.05, 4.69) is 4.98 Å². The first kappa shape index (κ1) is 15.9. The Hall–Kier alpha value is -2.01. The van der Waals surface area contributed by atoms with Gasteiger partial charge in [-0.2, -0.15) is 8.78 Å². The monoisotopic (exact) mass is 336 g/mol. The van der Waals surface area contributed by atoms with Crippen molar-refractivity contribution >= 4 is 17.5 Å². The summed E-state index contributed by atoms with van der Waals surface area (Å²) in [7, 11) is 0. The van der Waals surface area contributed by atoms with E-state index in [1.54, 1.807) is 24.5 Å². The fourth-order valence-corrected chi connectivity index (χ4v) is 2.53. The van der Waals surface area contributed by atoms with E-state index in [0.29, 0.717) is 5.02 Å². The van der Waals surface area contributed by atoms with Gasteiger partial charge >= 0.3 is 5.92 Å². The Morgan fingerprint density at radius 2 is 1.96 bits per heavy atom. The maximum absolute atomic E-state index is 14.6. The first-order chi connectivity index (χ1) is 11.0. The molecule has 0 radical (unpaired) electrons. The van der Waals surface area contributed by atoms with E-state index in [0.717, 1.165) is 18.4 Å². The topological polar surface area (TPSA) is 33.2 Å². The van der Waals surface area contributed by atoms with Crippen molar-refractivity contribution < 1.29 is 13.6 Å². The van der Waals surface area contributed by atoms with Crippen molar-refractivity contribution in [1.82, 2.24) is 9.88 Å². The summed E-state index contributed by atoms with van der Waals surface area (Å²) < 4.78 is 29.1. The van der Waals surface area contributed by atoms with Crippen LogP contribution in [0.4, 0.5) is 8.78 Å². The minimum atomic E-state index is -3.57. The van der Waals surface area contributed by atoms with Crippen LogP contribution in [0, 0.1) is 0 Å². The molecule has 1 fully saturated rings. The Labute approximate surface area is 137 Å². The van der Waals surface area contributed by atoms with Crippen LogP contribution in [0.5, 0.6) is 0 Å². The largest absolute Gasteiger partial charge is 0.349 e. The third-order valence-corrected chi connectivity index (χ3v) is 4.05. The quantitative estimate of drug-likeness (QED) is 0.826. The summed E-state index contributed by atoms with van der Waals surface area (Å²) in [6.45, 7) is 0.139. The molecule has 23 heavy (non-hydrogen) atoms. The fourth-order valence-electron chi connectivity index (χ4n) is 2.40. The van der Waals surface area contributed by atoms with Crippen molar-refractivity contribution in [2.75, 3.05) is 0 Å². The molecule has 1 amide bonds. The van der Waals surface area contributed by atoms with Gasteiger partial charge in [-0.25, -0.2) is 0 Å². The molecule has 2 aromatic rings. The van der Waals surface area contributed by atoms with E-state index in [1.165, 1.54) is 29.2 Å². The highest BCUT2D eigenvalue weighted by molar-refractivity contribution is 6.30. The number of rotatable bonds is 5. The maximum atomic E-state index is 14.6. The zero-order valence-corrected chi connectivity index (χ0v) is 13.0. The Morgan fingerprint density at radius 3 is 2.52 bits per heavy atom. The molecule has 3 nitrogen and oxygen atoms in total. The van der Waals surface area contributed by atoms with Gasteiger partial charge in [0.05, 0.1) is 0 Å². The Kier molecular flexibility index (Phi) is 4.31. The summed E-state index contributed by atoms with van der Waals surface area (Å²) >= 11 is 5.72. The summed E-state index contributed by atoms with van der Waals surface area (Å²) in [6, 6.07) is 8.48. The zero-order valence-electron chi connectivity index (χ0n) is 12.3. The van der Waals surface area contributed by atoms with Gasteiger partial charge in [0, 0.05) is 35.6 Å². The second-order valence-corrected chi connectivity index (χ2v) is 6.04. The molecular formula is C17H15ClF2N2O. The van der Waals surface area contributed by atoms with Crippen LogP contribution in [0.15, 0.2) is 48.8 Å². The molecule has 3 rings (SSSR count). The van der Waals surface area contributed by atoms with Crippen molar-refractivity contribution in [3.8, 4) is 0 Å². The lowest BCUT2D eigenvalue weighted by Crippen LogP contribution is -2.42. The highest BCUT2D eigenvalue weighted by atomic mass is 35.5. The van der Waals surface area contributed by atoms with Gasteiger partial charge in [0.25, 0.3) is 5.91 Å². The average molecular weight is 337 g/mol. The summed E-state index contributed by atoms with van der Waals surface area (Å²) in [5.41, 5.74) is 0.392. The summed E-state index contributed by atoms with van der Waals surface area (Å²) in [5.74, 6) is -4.75. The number of benzene rings is 1. The number of carbonyl (C=O) groups is 1. The van der Waals surface area contributed by atoms with E-state index in [1.807, 2.05) is 0 Å². The minimum Gasteiger partial charge on any atom is -0.330 e. The third kappa shape index (κ3) is 3.50. The standard InChI is InChI=1S/C17H15ClF2N2O/c18-14-5-3-13(4-6-14)17(19,20)16(23)22(15-7-8-15)11-12-2-1-9-21-10-12/h1-6,9-10,15H,7-8,11H2. The normalized spacial score (nSPS) is 14.6. The SMILES string of the molecule is O=C(N(Cc1cccnc1)C1CC1)C(F)(F)c1ccc(Cl)cc1. The number of amides is 1. The summed E-state index contributed by atoms with van der Waals surface area (Å²) in [4.78, 5) is 17.7. The molecule has 1 aromatic heterocycles. The van der Waals surface area contributed by atoms with Gasteiger partial charge in [0.1, 0.15) is 0 Å². The lowest BCUT2D eigenvalue weighted by atomic mass is 10.1. The van der Waals surface area contributed by atoms with E-state index in [9.17, 15) is 13.6 Å². The molecule has 1 aliphatic carbocycles. The average Bonchev–Trinajstić information content (AvgIpc) is 3.38. The van der Waals surface area contributed by atoms with Crippen LogP contribution in [0.1, 0.15) is 24.0 Å². The highest BCUT2D eigenvalue weighted by Crippen LogP contribution is 2.36. The van der Waals surface area contributed by atoms with Crippen molar-refractivity contribution in [2.24, 2.45) is 0 Å². The van der Waals surface area contributed by atoms with Crippen LogP contribution >= 0.6 is 11.6 Å². The van der Waals surface area contributed by atoms with Crippen LogP contribution in [-0.4, -0.2) is 21.8 Å². The second kappa shape index (κ2) is 6.24. The van der Waals surface area contributed by atoms with E-state index in [-0.39, 0.29) is 18.2 Å². The predicted octanol–water partition coefficient (Wildman–Crippen LogP) is 4.02. The molecule has 120 valence electrons. The van der Waals surface area contributed by atoms with Gasteiger partial charge in [-0.05, 0) is 36.6 Å². The molecular weight excluding hydrogens is 322 g/mol. The molecule has 0 atom stereocenters. The zero-order chi connectivity index (χ0) is 16.4. The first-order valence-electron chi connectivity index (χ1n) is 7.32. The van der Waals surface area contributed by atoms with Crippen LogP contribution in [0.25, 0.3) is 0 Å². The Balaban J connectivity index is 1.84. The van der Waals surface area contributed by atoms with Gasteiger partial charge < -0.3 is 4.90 Å². The number of carbonyl (C=O) groups excluding carboxylic acids is 1. The molecule has 1 aliphatic rings. The fraction of sp³-hybridized carbons (Fsp3) is 0.294. The van der Waals surface area contributed by atoms with Gasteiger partial charge in [0.15, 0.2) is 0 Å². The molecule has 0 spiro atoms. The smallest absolute Gasteiger partial charge is 0.330 e. The molecule has 0 bridgehead atoms. The number of halogens is 3. The van der Waals surface area contributed by atoms with Crippen molar-refractivity contribution in [1.29, 1.82) is 0 Å². The maximum Gasteiger partial charge on any atom is 0.349 e. The molecule has 1 heterocycles. The number of hydrogen-bond acceptors (Lipinski definition) is 2. The van der Waals surface area contributed by atoms with E-state index in [4.69, 9.17) is 11.6 Å².